The lowest BCUT2D eigenvalue weighted by atomic mass is 10.3. The van der Waals surface area contributed by atoms with E-state index in [4.69, 9.17) is 5.26 Å². The van der Waals surface area contributed by atoms with Gasteiger partial charge < -0.3 is 4.90 Å². The number of allylic oxidation sites excluding steroid dienone is 1. The lowest BCUT2D eigenvalue weighted by molar-refractivity contribution is 0.359. The minimum atomic E-state index is 0.164. The largest absolute Gasteiger partial charge is 0.358 e. The number of rotatable bonds is 0. The molecule has 52 valence electrons. The van der Waals surface area contributed by atoms with Gasteiger partial charge in [0.1, 0.15) is 12.2 Å². The molecule has 10 heavy (non-hydrogen) atoms. The lowest BCUT2D eigenvalue weighted by Gasteiger charge is -2.21. The standard InChI is InChI=1S/C7H9N3/c1-6-9-4-7(3-8)5-10(6)2/h4-6H,1-2H3. The van der Waals surface area contributed by atoms with E-state index in [1.807, 2.05) is 24.9 Å². The zero-order chi connectivity index (χ0) is 7.56. The van der Waals surface area contributed by atoms with Crippen molar-refractivity contribution in [2.24, 2.45) is 4.99 Å². The molecule has 1 heterocycles. The third-order valence-electron chi connectivity index (χ3n) is 1.49. The highest BCUT2D eigenvalue weighted by molar-refractivity contribution is 5.84. The van der Waals surface area contributed by atoms with Crippen LogP contribution in [0.15, 0.2) is 16.8 Å². The molecular formula is C7H9N3. The Kier molecular flexibility index (Phi) is 1.72. The molecular weight excluding hydrogens is 126 g/mol. The summed E-state index contributed by atoms with van der Waals surface area (Å²) in [5.41, 5.74) is 0.612. The van der Waals surface area contributed by atoms with E-state index in [2.05, 4.69) is 4.99 Å². The number of hydrogen-bond donors (Lipinski definition) is 0. The molecule has 0 saturated carbocycles. The van der Waals surface area contributed by atoms with Gasteiger partial charge in [-0.2, -0.15) is 5.26 Å². The van der Waals surface area contributed by atoms with Gasteiger partial charge in [-0.1, -0.05) is 0 Å². The van der Waals surface area contributed by atoms with Gasteiger partial charge in [-0.25, -0.2) is 0 Å². The van der Waals surface area contributed by atoms with Gasteiger partial charge in [0.2, 0.25) is 0 Å². The zero-order valence-corrected chi connectivity index (χ0v) is 6.07. The summed E-state index contributed by atoms with van der Waals surface area (Å²) in [5.74, 6) is 0. The van der Waals surface area contributed by atoms with Gasteiger partial charge in [0.05, 0.1) is 5.57 Å². The van der Waals surface area contributed by atoms with Crippen molar-refractivity contribution in [3.05, 3.63) is 11.8 Å². The van der Waals surface area contributed by atoms with Crippen molar-refractivity contribution in [1.29, 1.82) is 5.26 Å². The predicted octanol–water partition coefficient (Wildman–Crippen LogP) is 0.756. The van der Waals surface area contributed by atoms with E-state index < -0.39 is 0 Å². The average molecular weight is 135 g/mol. The van der Waals surface area contributed by atoms with E-state index in [1.165, 1.54) is 0 Å². The topological polar surface area (TPSA) is 39.4 Å². The van der Waals surface area contributed by atoms with Crippen LogP contribution in [0.4, 0.5) is 0 Å². The summed E-state index contributed by atoms with van der Waals surface area (Å²) in [6, 6.07) is 2.02. The second-order valence-corrected chi connectivity index (χ2v) is 2.27. The van der Waals surface area contributed by atoms with Crippen LogP contribution in [0.3, 0.4) is 0 Å². The Hall–Kier alpha value is -1.30. The Labute approximate surface area is 60.3 Å². The van der Waals surface area contributed by atoms with Crippen LogP contribution in [0.2, 0.25) is 0 Å². The summed E-state index contributed by atoms with van der Waals surface area (Å²) >= 11 is 0. The predicted molar refractivity (Wildman–Crippen MR) is 39.4 cm³/mol. The van der Waals surface area contributed by atoms with Crippen LogP contribution in [0.1, 0.15) is 6.92 Å². The molecule has 0 saturated heterocycles. The fourth-order valence-corrected chi connectivity index (χ4v) is 0.712. The molecule has 0 N–H and O–H groups in total. The third-order valence-corrected chi connectivity index (χ3v) is 1.49. The molecule has 0 radical (unpaired) electrons. The third kappa shape index (κ3) is 1.16. The minimum absolute atomic E-state index is 0.164. The van der Waals surface area contributed by atoms with Gasteiger partial charge in [0.25, 0.3) is 0 Å². The van der Waals surface area contributed by atoms with Gasteiger partial charge in [-0.3, -0.25) is 4.99 Å². The molecule has 0 aromatic rings. The first-order chi connectivity index (χ1) is 4.74. The van der Waals surface area contributed by atoms with E-state index in [0.717, 1.165) is 0 Å². The first kappa shape index (κ1) is 6.81. The molecule has 1 aliphatic rings. The van der Waals surface area contributed by atoms with Crippen molar-refractivity contribution in [2.45, 2.75) is 13.1 Å². The van der Waals surface area contributed by atoms with Gasteiger partial charge in [-0.15, -0.1) is 0 Å². The molecule has 0 bridgehead atoms. The summed E-state index contributed by atoms with van der Waals surface area (Å²) in [5, 5.41) is 8.46. The van der Waals surface area contributed by atoms with Crippen molar-refractivity contribution in [2.75, 3.05) is 7.05 Å². The molecule has 3 heteroatoms. The highest BCUT2D eigenvalue weighted by Crippen LogP contribution is 2.05. The summed E-state index contributed by atoms with van der Waals surface area (Å²) in [4.78, 5) is 5.97. The molecule has 3 nitrogen and oxygen atoms in total. The first-order valence-corrected chi connectivity index (χ1v) is 3.11. The molecule has 0 fully saturated rings. The Balaban J connectivity index is 2.78. The van der Waals surface area contributed by atoms with E-state index in [-0.39, 0.29) is 6.17 Å². The Morgan fingerprint density at radius 3 is 3.00 bits per heavy atom. The molecule has 1 unspecified atom stereocenters. The van der Waals surface area contributed by atoms with Crippen molar-refractivity contribution in [1.82, 2.24) is 4.90 Å². The van der Waals surface area contributed by atoms with E-state index >= 15 is 0 Å². The molecule has 1 atom stereocenters. The minimum Gasteiger partial charge on any atom is -0.358 e. The Morgan fingerprint density at radius 1 is 1.80 bits per heavy atom. The summed E-state index contributed by atoms with van der Waals surface area (Å²) in [7, 11) is 1.90. The number of aliphatic imine (C=N–C) groups is 1. The van der Waals surface area contributed by atoms with Crippen molar-refractivity contribution < 1.29 is 0 Å². The molecule has 0 spiro atoms. The lowest BCUT2D eigenvalue weighted by Crippen LogP contribution is -2.25. The van der Waals surface area contributed by atoms with Crippen molar-refractivity contribution in [3.63, 3.8) is 0 Å². The highest BCUT2D eigenvalue weighted by Gasteiger charge is 2.07. The number of hydrogen-bond acceptors (Lipinski definition) is 3. The maximum Gasteiger partial charge on any atom is 0.117 e. The molecule has 1 rings (SSSR count). The highest BCUT2D eigenvalue weighted by atomic mass is 15.2. The quantitative estimate of drug-likeness (QED) is 0.491. The monoisotopic (exact) mass is 135 g/mol. The van der Waals surface area contributed by atoms with Crippen molar-refractivity contribution >= 4 is 6.21 Å². The second kappa shape index (κ2) is 2.53. The fraction of sp³-hybridized carbons (Fsp3) is 0.429. The van der Waals surface area contributed by atoms with Crippen LogP contribution >= 0.6 is 0 Å². The SMILES string of the molecule is CC1N=CC(C#N)=CN1C. The van der Waals surface area contributed by atoms with Crippen LogP contribution in [0, 0.1) is 11.3 Å². The second-order valence-electron chi connectivity index (χ2n) is 2.27. The molecule has 0 aromatic carbocycles. The van der Waals surface area contributed by atoms with E-state index in [1.54, 1.807) is 12.4 Å². The normalized spacial score (nSPS) is 23.9. The Morgan fingerprint density at radius 2 is 2.50 bits per heavy atom. The molecule has 0 amide bonds. The van der Waals surface area contributed by atoms with E-state index in [9.17, 15) is 0 Å². The number of nitrogens with zero attached hydrogens (tertiary/aromatic N) is 3. The summed E-state index contributed by atoms with van der Waals surface area (Å²) < 4.78 is 0. The van der Waals surface area contributed by atoms with Gasteiger partial charge in [0, 0.05) is 19.5 Å². The number of nitriles is 1. The Bertz CT molecular complexity index is 221. The van der Waals surface area contributed by atoms with Crippen molar-refractivity contribution in [3.8, 4) is 6.07 Å². The molecule has 1 aliphatic heterocycles. The summed E-state index contributed by atoms with van der Waals surface area (Å²) in [6.07, 6.45) is 3.56. The molecule has 0 aromatic heterocycles. The fourth-order valence-electron chi connectivity index (χ4n) is 0.712. The van der Waals surface area contributed by atoms with Crippen LogP contribution in [-0.4, -0.2) is 24.3 Å². The summed E-state index contributed by atoms with van der Waals surface area (Å²) in [6.45, 7) is 1.97. The van der Waals surface area contributed by atoms with Gasteiger partial charge >= 0.3 is 0 Å². The molecule has 0 aliphatic carbocycles. The first-order valence-electron chi connectivity index (χ1n) is 3.11. The van der Waals surface area contributed by atoms with Crippen LogP contribution in [0.25, 0.3) is 0 Å². The maximum atomic E-state index is 8.46. The van der Waals surface area contributed by atoms with Gasteiger partial charge in [-0.05, 0) is 6.92 Å². The van der Waals surface area contributed by atoms with Gasteiger partial charge in [0.15, 0.2) is 0 Å². The van der Waals surface area contributed by atoms with Crippen LogP contribution in [-0.2, 0) is 0 Å². The van der Waals surface area contributed by atoms with E-state index in [0.29, 0.717) is 5.57 Å². The van der Waals surface area contributed by atoms with Crippen LogP contribution in [0.5, 0.6) is 0 Å². The maximum absolute atomic E-state index is 8.46. The average Bonchev–Trinajstić information content (AvgIpc) is 1.95. The smallest absolute Gasteiger partial charge is 0.117 e. The van der Waals surface area contributed by atoms with Crippen LogP contribution < -0.4 is 0 Å². The zero-order valence-electron chi connectivity index (χ0n) is 6.07.